The molecule has 0 N–H and O–H groups in total. The lowest BCUT2D eigenvalue weighted by Crippen LogP contribution is -1.90. The molecule has 2 aromatic heterocycles. The van der Waals surface area contributed by atoms with Crippen molar-refractivity contribution in [3.63, 3.8) is 0 Å². The number of oxazole rings is 2. The van der Waals surface area contributed by atoms with Crippen LogP contribution >= 0.6 is 0 Å². The molecule has 0 aliphatic heterocycles. The van der Waals surface area contributed by atoms with E-state index < -0.39 is 0 Å². The molecular weight excluding hydrogens is 396 g/mol. The van der Waals surface area contributed by atoms with Crippen LogP contribution in [0.2, 0.25) is 0 Å². The third kappa shape index (κ3) is 3.28. The van der Waals surface area contributed by atoms with Gasteiger partial charge in [0.15, 0.2) is 11.2 Å². The van der Waals surface area contributed by atoms with Gasteiger partial charge in [-0.25, -0.2) is 9.97 Å². The summed E-state index contributed by atoms with van der Waals surface area (Å²) in [5, 5.41) is 0. The Morgan fingerprint density at radius 3 is 1.88 bits per heavy atom. The van der Waals surface area contributed by atoms with Crippen molar-refractivity contribution in [3.8, 4) is 22.9 Å². The van der Waals surface area contributed by atoms with Gasteiger partial charge in [0.1, 0.15) is 11.0 Å². The number of para-hydroxylation sites is 4. The van der Waals surface area contributed by atoms with E-state index in [0.717, 1.165) is 44.5 Å². The van der Waals surface area contributed by atoms with E-state index in [-0.39, 0.29) is 0 Å². The Hall–Kier alpha value is -4.44. The highest BCUT2D eigenvalue weighted by atomic mass is 16.4. The minimum Gasteiger partial charge on any atom is -0.436 e. The zero-order valence-corrected chi connectivity index (χ0v) is 17.1. The molecule has 4 heteroatoms. The molecule has 0 saturated carbocycles. The fraction of sp³-hybridized carbons (Fsp3) is 0. The first-order valence-electron chi connectivity index (χ1n) is 10.4. The van der Waals surface area contributed by atoms with E-state index in [0.29, 0.717) is 11.8 Å². The van der Waals surface area contributed by atoms with Crippen LogP contribution in [-0.2, 0) is 0 Å². The van der Waals surface area contributed by atoms with Crippen molar-refractivity contribution in [1.82, 2.24) is 9.97 Å². The van der Waals surface area contributed by atoms with Gasteiger partial charge < -0.3 is 8.83 Å². The Kier molecular flexibility index (Phi) is 4.40. The molecule has 0 fully saturated rings. The zero-order valence-electron chi connectivity index (χ0n) is 17.1. The molecule has 0 radical (unpaired) electrons. The summed E-state index contributed by atoms with van der Waals surface area (Å²) in [6.07, 6.45) is 4.16. The lowest BCUT2D eigenvalue weighted by atomic mass is 9.99. The van der Waals surface area contributed by atoms with E-state index in [1.165, 1.54) is 0 Å². The van der Waals surface area contributed by atoms with Crippen molar-refractivity contribution in [2.24, 2.45) is 0 Å². The van der Waals surface area contributed by atoms with Crippen LogP contribution in [0.4, 0.5) is 0 Å². The van der Waals surface area contributed by atoms with Crippen molar-refractivity contribution in [2.45, 2.75) is 0 Å². The molecule has 0 bridgehead atoms. The zero-order chi connectivity index (χ0) is 21.3. The standard InChI is InChI=1S/C28H18N2O2/c1-2-9-19(10-3-1)17-18-20-11-8-12-21(27-29-22-13-4-6-15-24(22)31-27)26(20)28-30-23-14-5-7-16-25(23)32-28/h1-18H. The van der Waals surface area contributed by atoms with Gasteiger partial charge >= 0.3 is 0 Å². The first-order chi connectivity index (χ1) is 15.8. The second-order valence-electron chi connectivity index (χ2n) is 7.49. The fourth-order valence-corrected chi connectivity index (χ4v) is 3.84. The normalized spacial score (nSPS) is 11.6. The van der Waals surface area contributed by atoms with E-state index >= 15 is 0 Å². The van der Waals surface area contributed by atoms with E-state index in [1.807, 2.05) is 78.9 Å². The van der Waals surface area contributed by atoms with Crippen LogP contribution in [0.15, 0.2) is 106 Å². The summed E-state index contributed by atoms with van der Waals surface area (Å²) < 4.78 is 12.3. The highest BCUT2D eigenvalue weighted by molar-refractivity contribution is 5.90. The number of nitrogens with zero attached hydrogens (tertiary/aromatic N) is 2. The third-order valence-corrected chi connectivity index (χ3v) is 5.38. The Labute approximate surface area is 184 Å². The van der Waals surface area contributed by atoms with Gasteiger partial charge in [0.05, 0.1) is 11.1 Å². The lowest BCUT2D eigenvalue weighted by Gasteiger charge is -2.07. The first-order valence-corrected chi connectivity index (χ1v) is 10.4. The summed E-state index contributed by atoms with van der Waals surface area (Å²) in [7, 11) is 0. The first kappa shape index (κ1) is 18.3. The van der Waals surface area contributed by atoms with E-state index in [9.17, 15) is 0 Å². The molecule has 2 heterocycles. The van der Waals surface area contributed by atoms with Gasteiger partial charge in [0.25, 0.3) is 0 Å². The van der Waals surface area contributed by atoms with Gasteiger partial charge in [0, 0.05) is 0 Å². The number of hydrogen-bond donors (Lipinski definition) is 0. The van der Waals surface area contributed by atoms with Crippen LogP contribution in [0, 0.1) is 0 Å². The van der Waals surface area contributed by atoms with Crippen molar-refractivity contribution in [1.29, 1.82) is 0 Å². The molecular formula is C28H18N2O2. The smallest absolute Gasteiger partial charge is 0.228 e. The predicted octanol–water partition coefficient (Wildman–Crippen LogP) is 7.47. The summed E-state index contributed by atoms with van der Waals surface area (Å²) in [6, 6.07) is 31.8. The minimum absolute atomic E-state index is 0.539. The molecule has 4 aromatic carbocycles. The summed E-state index contributed by atoms with van der Waals surface area (Å²) in [5.41, 5.74) is 6.89. The monoisotopic (exact) mass is 414 g/mol. The van der Waals surface area contributed by atoms with Gasteiger partial charge in [0.2, 0.25) is 11.8 Å². The molecule has 0 amide bonds. The summed E-state index contributed by atoms with van der Waals surface area (Å²) in [5.74, 6) is 1.08. The molecule has 152 valence electrons. The maximum Gasteiger partial charge on any atom is 0.228 e. The molecule has 32 heavy (non-hydrogen) atoms. The molecule has 0 aliphatic rings. The van der Waals surface area contributed by atoms with Gasteiger partial charge in [-0.15, -0.1) is 0 Å². The SMILES string of the molecule is C(=Cc1cccc(-c2nc3ccccc3o2)c1-c1nc2ccccc2o1)c1ccccc1. The van der Waals surface area contributed by atoms with Crippen molar-refractivity contribution in [2.75, 3.05) is 0 Å². The predicted molar refractivity (Wildman–Crippen MR) is 128 cm³/mol. The van der Waals surface area contributed by atoms with Crippen molar-refractivity contribution < 1.29 is 8.83 Å². The number of benzene rings is 4. The molecule has 4 nitrogen and oxygen atoms in total. The van der Waals surface area contributed by atoms with Gasteiger partial charge in [-0.3, -0.25) is 0 Å². The number of hydrogen-bond acceptors (Lipinski definition) is 4. The number of rotatable bonds is 4. The van der Waals surface area contributed by atoms with Crippen molar-refractivity contribution in [3.05, 3.63) is 108 Å². The Balaban J connectivity index is 1.57. The second kappa shape index (κ2) is 7.67. The van der Waals surface area contributed by atoms with Gasteiger partial charge in [-0.05, 0) is 41.5 Å². The molecule has 0 unspecified atom stereocenters. The van der Waals surface area contributed by atoms with Crippen LogP contribution in [0.1, 0.15) is 11.1 Å². The van der Waals surface area contributed by atoms with Crippen LogP contribution in [0.5, 0.6) is 0 Å². The largest absolute Gasteiger partial charge is 0.436 e. The highest BCUT2D eigenvalue weighted by Crippen LogP contribution is 2.37. The average Bonchev–Trinajstić information content (AvgIpc) is 3.47. The van der Waals surface area contributed by atoms with Gasteiger partial charge in [-0.1, -0.05) is 78.9 Å². The van der Waals surface area contributed by atoms with Crippen LogP contribution in [-0.4, -0.2) is 9.97 Å². The van der Waals surface area contributed by atoms with Crippen molar-refractivity contribution >= 4 is 34.4 Å². The average molecular weight is 414 g/mol. The minimum atomic E-state index is 0.539. The highest BCUT2D eigenvalue weighted by Gasteiger charge is 2.20. The maximum absolute atomic E-state index is 6.17. The van der Waals surface area contributed by atoms with E-state index in [4.69, 9.17) is 18.8 Å². The second-order valence-corrected chi connectivity index (χ2v) is 7.49. The molecule has 6 rings (SSSR count). The molecule has 0 spiro atoms. The molecule has 0 saturated heterocycles. The number of aromatic nitrogens is 2. The topological polar surface area (TPSA) is 52.1 Å². The summed E-state index contributed by atoms with van der Waals surface area (Å²) in [4.78, 5) is 9.49. The lowest BCUT2D eigenvalue weighted by molar-refractivity contribution is 0.611. The summed E-state index contributed by atoms with van der Waals surface area (Å²) in [6.45, 7) is 0. The van der Waals surface area contributed by atoms with Crippen LogP contribution in [0.25, 0.3) is 57.3 Å². The maximum atomic E-state index is 6.17. The van der Waals surface area contributed by atoms with E-state index in [2.05, 4.69) is 30.4 Å². The third-order valence-electron chi connectivity index (χ3n) is 5.38. The molecule has 0 aliphatic carbocycles. The fourth-order valence-electron chi connectivity index (χ4n) is 3.84. The van der Waals surface area contributed by atoms with Crippen LogP contribution in [0.3, 0.4) is 0 Å². The van der Waals surface area contributed by atoms with E-state index in [1.54, 1.807) is 0 Å². The Bertz CT molecular complexity index is 1510. The number of fused-ring (bicyclic) bond motifs is 2. The Morgan fingerprint density at radius 1 is 0.531 bits per heavy atom. The molecule has 0 atom stereocenters. The molecule has 6 aromatic rings. The Morgan fingerprint density at radius 2 is 1.16 bits per heavy atom. The van der Waals surface area contributed by atoms with Gasteiger partial charge in [-0.2, -0.15) is 0 Å². The quantitative estimate of drug-likeness (QED) is 0.281. The summed E-state index contributed by atoms with van der Waals surface area (Å²) >= 11 is 0. The van der Waals surface area contributed by atoms with Crippen LogP contribution < -0.4 is 0 Å².